The number of ether oxygens (including phenoxy) is 1. The zero-order valence-corrected chi connectivity index (χ0v) is 12.4. The maximum Gasteiger partial charge on any atom is 0.215 e. The molecule has 5 heteroatoms. The van der Waals surface area contributed by atoms with Gasteiger partial charge in [-0.15, -0.1) is 0 Å². The van der Waals surface area contributed by atoms with Gasteiger partial charge in [0.1, 0.15) is 6.07 Å². The van der Waals surface area contributed by atoms with Crippen LogP contribution < -0.4 is 9.64 Å². The molecule has 1 fully saturated rings. The van der Waals surface area contributed by atoms with Gasteiger partial charge in [0, 0.05) is 30.2 Å². The van der Waals surface area contributed by atoms with Crippen molar-refractivity contribution >= 4 is 17.4 Å². The monoisotopic (exact) mass is 277 g/mol. The second-order valence-electron chi connectivity index (χ2n) is 4.95. The molecule has 0 radical (unpaired) electrons. The number of hydrogen-bond donors (Lipinski definition) is 0. The van der Waals surface area contributed by atoms with Crippen molar-refractivity contribution in [3.05, 3.63) is 17.8 Å². The van der Waals surface area contributed by atoms with Crippen molar-refractivity contribution in [3.63, 3.8) is 0 Å². The van der Waals surface area contributed by atoms with Crippen LogP contribution in [0, 0.1) is 17.2 Å². The van der Waals surface area contributed by atoms with Crippen molar-refractivity contribution in [1.29, 1.82) is 5.26 Å². The van der Waals surface area contributed by atoms with Crippen LogP contribution in [0.15, 0.2) is 12.3 Å². The van der Waals surface area contributed by atoms with Crippen LogP contribution in [-0.2, 0) is 0 Å². The van der Waals surface area contributed by atoms with E-state index in [9.17, 15) is 5.26 Å². The van der Waals surface area contributed by atoms with Crippen LogP contribution in [-0.4, -0.2) is 36.2 Å². The van der Waals surface area contributed by atoms with Gasteiger partial charge < -0.3 is 9.64 Å². The summed E-state index contributed by atoms with van der Waals surface area (Å²) in [4.78, 5) is 6.38. The number of nitriles is 1. The van der Waals surface area contributed by atoms with Crippen molar-refractivity contribution in [3.8, 4) is 11.9 Å². The van der Waals surface area contributed by atoms with E-state index in [1.54, 1.807) is 13.3 Å². The maximum atomic E-state index is 9.23. The van der Waals surface area contributed by atoms with E-state index in [4.69, 9.17) is 4.74 Å². The quantitative estimate of drug-likeness (QED) is 0.849. The van der Waals surface area contributed by atoms with Gasteiger partial charge in [0.25, 0.3) is 0 Å². The third-order valence-electron chi connectivity index (χ3n) is 3.36. The Balaban J connectivity index is 2.27. The largest absolute Gasteiger partial charge is 0.481 e. The Bertz CT molecular complexity index is 484. The molecule has 0 aromatic carbocycles. The maximum absolute atomic E-state index is 9.23. The molecule has 0 N–H and O–H groups in total. The van der Waals surface area contributed by atoms with E-state index < -0.39 is 0 Å². The summed E-state index contributed by atoms with van der Waals surface area (Å²) < 4.78 is 5.17. The van der Waals surface area contributed by atoms with Gasteiger partial charge in [-0.25, -0.2) is 4.98 Å². The number of pyridine rings is 1. The molecule has 0 bridgehead atoms. The van der Waals surface area contributed by atoms with Crippen molar-refractivity contribution in [1.82, 2.24) is 4.98 Å². The molecule has 1 atom stereocenters. The lowest BCUT2D eigenvalue weighted by molar-refractivity contribution is 0.397. The molecule has 1 aliphatic rings. The van der Waals surface area contributed by atoms with Gasteiger partial charge >= 0.3 is 0 Å². The summed E-state index contributed by atoms with van der Waals surface area (Å²) in [7, 11) is 1.60. The second-order valence-corrected chi connectivity index (χ2v) is 6.30. The van der Waals surface area contributed by atoms with Gasteiger partial charge in [-0.1, -0.05) is 13.8 Å². The summed E-state index contributed by atoms with van der Waals surface area (Å²) >= 11 is 2.02. The zero-order valence-electron chi connectivity index (χ0n) is 11.6. The molecular formula is C14H19N3OS. The standard InChI is InChI=1S/C14H19N3OS/c1-10(2)13-9-17(4-5-19-13)12-6-14(18-3)16-8-11(12)7-15/h6,8,10,13H,4-5,9H2,1-3H3/t13-/m1/s1. The summed E-state index contributed by atoms with van der Waals surface area (Å²) in [5.41, 5.74) is 1.57. The van der Waals surface area contributed by atoms with Crippen LogP contribution in [0.1, 0.15) is 19.4 Å². The summed E-state index contributed by atoms with van der Waals surface area (Å²) in [5, 5.41) is 9.84. The number of nitrogens with zero attached hydrogens (tertiary/aromatic N) is 3. The highest BCUT2D eigenvalue weighted by atomic mass is 32.2. The molecule has 1 aromatic rings. The fraction of sp³-hybridized carbons (Fsp3) is 0.571. The SMILES string of the molecule is COc1cc(N2CCS[C@@H](C(C)C)C2)c(C#N)cn1. The minimum absolute atomic E-state index is 0.563. The molecule has 19 heavy (non-hydrogen) atoms. The topological polar surface area (TPSA) is 49.1 Å². The molecule has 4 nitrogen and oxygen atoms in total. The number of aromatic nitrogens is 1. The first-order chi connectivity index (χ1) is 9.15. The average Bonchev–Trinajstić information content (AvgIpc) is 2.46. The van der Waals surface area contributed by atoms with Gasteiger partial charge in [-0.3, -0.25) is 0 Å². The lowest BCUT2D eigenvalue weighted by atomic mass is 10.1. The minimum atomic E-state index is 0.563. The van der Waals surface area contributed by atoms with Gasteiger partial charge in [0.05, 0.1) is 24.6 Å². The number of methoxy groups -OCH3 is 1. The first-order valence-electron chi connectivity index (χ1n) is 6.46. The predicted molar refractivity (Wildman–Crippen MR) is 78.8 cm³/mol. The Morgan fingerprint density at radius 1 is 1.58 bits per heavy atom. The minimum Gasteiger partial charge on any atom is -0.481 e. The smallest absolute Gasteiger partial charge is 0.215 e. The molecule has 0 saturated carbocycles. The Hall–Kier alpha value is -1.41. The van der Waals surface area contributed by atoms with E-state index >= 15 is 0 Å². The number of anilines is 1. The Morgan fingerprint density at radius 2 is 2.37 bits per heavy atom. The van der Waals surface area contributed by atoms with Crippen molar-refractivity contribution in [2.45, 2.75) is 19.1 Å². The van der Waals surface area contributed by atoms with Crippen LogP contribution >= 0.6 is 11.8 Å². The summed E-state index contributed by atoms with van der Waals surface area (Å²) in [6, 6.07) is 4.09. The van der Waals surface area contributed by atoms with Crippen molar-refractivity contribution < 1.29 is 4.74 Å². The molecule has 102 valence electrons. The lowest BCUT2D eigenvalue weighted by Gasteiger charge is -2.36. The third-order valence-corrected chi connectivity index (χ3v) is 4.90. The number of thioether (sulfide) groups is 1. The van der Waals surface area contributed by atoms with E-state index in [0.717, 1.165) is 24.5 Å². The molecule has 2 rings (SSSR count). The van der Waals surface area contributed by atoms with E-state index in [-0.39, 0.29) is 0 Å². The fourth-order valence-corrected chi connectivity index (χ4v) is 3.48. The van der Waals surface area contributed by atoms with Crippen LogP contribution in [0.4, 0.5) is 5.69 Å². The molecule has 0 aliphatic carbocycles. The summed E-state index contributed by atoms with van der Waals surface area (Å²) in [6.07, 6.45) is 1.60. The van der Waals surface area contributed by atoms with E-state index in [1.807, 2.05) is 17.8 Å². The molecule has 0 unspecified atom stereocenters. The van der Waals surface area contributed by atoms with Crippen LogP contribution in [0.25, 0.3) is 0 Å². The summed E-state index contributed by atoms with van der Waals surface area (Å²) in [5.74, 6) is 2.30. The van der Waals surface area contributed by atoms with Crippen LogP contribution in [0.3, 0.4) is 0 Å². The first kappa shape index (κ1) is 14.0. The summed E-state index contributed by atoms with van der Waals surface area (Å²) in [6.45, 7) is 6.44. The molecule has 0 amide bonds. The van der Waals surface area contributed by atoms with E-state index in [2.05, 4.69) is 29.8 Å². The normalized spacial score (nSPS) is 19.3. The average molecular weight is 277 g/mol. The molecule has 2 heterocycles. The lowest BCUT2D eigenvalue weighted by Crippen LogP contribution is -2.40. The highest BCUT2D eigenvalue weighted by Crippen LogP contribution is 2.31. The van der Waals surface area contributed by atoms with Crippen LogP contribution in [0.2, 0.25) is 0 Å². The van der Waals surface area contributed by atoms with Crippen molar-refractivity contribution in [2.24, 2.45) is 5.92 Å². The zero-order chi connectivity index (χ0) is 13.8. The van der Waals surface area contributed by atoms with E-state index in [0.29, 0.717) is 22.6 Å². The Kier molecular flexibility index (Phi) is 4.54. The third kappa shape index (κ3) is 3.13. The van der Waals surface area contributed by atoms with Gasteiger partial charge in [-0.2, -0.15) is 17.0 Å². The highest BCUT2D eigenvalue weighted by Gasteiger charge is 2.25. The second kappa shape index (κ2) is 6.16. The van der Waals surface area contributed by atoms with Gasteiger partial charge in [0.15, 0.2) is 0 Å². The van der Waals surface area contributed by atoms with Gasteiger partial charge in [-0.05, 0) is 5.92 Å². The molecule has 1 aliphatic heterocycles. The number of rotatable bonds is 3. The first-order valence-corrected chi connectivity index (χ1v) is 7.51. The van der Waals surface area contributed by atoms with E-state index in [1.165, 1.54) is 0 Å². The van der Waals surface area contributed by atoms with Crippen LogP contribution in [0.5, 0.6) is 5.88 Å². The highest BCUT2D eigenvalue weighted by molar-refractivity contribution is 8.00. The molecule has 0 spiro atoms. The van der Waals surface area contributed by atoms with Crippen molar-refractivity contribution in [2.75, 3.05) is 30.9 Å². The number of hydrogen-bond acceptors (Lipinski definition) is 5. The molecule has 1 aromatic heterocycles. The fourth-order valence-electron chi connectivity index (χ4n) is 2.18. The molecule has 1 saturated heterocycles. The van der Waals surface area contributed by atoms with Gasteiger partial charge in [0.2, 0.25) is 5.88 Å². The Labute approximate surface area is 118 Å². The predicted octanol–water partition coefficient (Wildman–Crippen LogP) is 2.54. The molecular weight excluding hydrogens is 258 g/mol. The Morgan fingerprint density at radius 3 is 3.00 bits per heavy atom.